The number of aromatic amines is 1. The first-order valence-electron chi connectivity index (χ1n) is 7.65. The Labute approximate surface area is 124 Å². The monoisotopic (exact) mass is 293 g/mol. The van der Waals surface area contributed by atoms with Crippen LogP contribution in [-0.2, 0) is 16.0 Å². The van der Waals surface area contributed by atoms with Gasteiger partial charge in [0.1, 0.15) is 5.69 Å². The van der Waals surface area contributed by atoms with Crippen LogP contribution in [0, 0.1) is 5.92 Å². The van der Waals surface area contributed by atoms with Gasteiger partial charge in [-0.05, 0) is 32.3 Å². The van der Waals surface area contributed by atoms with Crippen molar-refractivity contribution in [3.05, 3.63) is 17.5 Å². The lowest BCUT2D eigenvalue weighted by atomic mass is 9.98. The van der Waals surface area contributed by atoms with Gasteiger partial charge in [-0.2, -0.15) is 5.10 Å². The van der Waals surface area contributed by atoms with Crippen molar-refractivity contribution in [3.8, 4) is 0 Å². The van der Waals surface area contributed by atoms with Gasteiger partial charge in [0.2, 0.25) is 0 Å². The molecule has 1 atom stereocenters. The second kappa shape index (κ2) is 7.24. The molecule has 1 aromatic heterocycles. The second-order valence-electron chi connectivity index (χ2n) is 5.37. The fourth-order valence-corrected chi connectivity index (χ4v) is 2.64. The largest absolute Gasteiger partial charge is 0.466 e. The third kappa shape index (κ3) is 3.83. The summed E-state index contributed by atoms with van der Waals surface area (Å²) < 4.78 is 5.05. The van der Waals surface area contributed by atoms with E-state index in [1.165, 1.54) is 0 Å². The van der Waals surface area contributed by atoms with Crippen LogP contribution in [0.4, 0.5) is 0 Å². The first kappa shape index (κ1) is 15.5. The van der Waals surface area contributed by atoms with Gasteiger partial charge in [0.05, 0.1) is 12.5 Å². The molecule has 1 saturated heterocycles. The van der Waals surface area contributed by atoms with Crippen molar-refractivity contribution in [2.24, 2.45) is 5.92 Å². The SMILES string of the molecule is CCCc1cc(C(=O)N2CCCC(C(=O)OCC)C2)n[nH]1. The normalized spacial score (nSPS) is 18.6. The maximum atomic E-state index is 12.4. The van der Waals surface area contributed by atoms with Gasteiger partial charge in [0.25, 0.3) is 5.91 Å². The number of esters is 1. The highest BCUT2D eigenvalue weighted by atomic mass is 16.5. The zero-order chi connectivity index (χ0) is 15.2. The van der Waals surface area contributed by atoms with Crippen molar-refractivity contribution < 1.29 is 14.3 Å². The molecular weight excluding hydrogens is 270 g/mol. The molecule has 2 heterocycles. The number of amides is 1. The van der Waals surface area contributed by atoms with Crippen molar-refractivity contribution in [1.29, 1.82) is 0 Å². The van der Waals surface area contributed by atoms with E-state index in [1.807, 2.05) is 0 Å². The van der Waals surface area contributed by atoms with E-state index in [-0.39, 0.29) is 17.8 Å². The summed E-state index contributed by atoms with van der Waals surface area (Å²) in [4.78, 5) is 26.0. The number of ether oxygens (including phenoxy) is 1. The summed E-state index contributed by atoms with van der Waals surface area (Å²) in [6.07, 6.45) is 3.49. The molecule has 1 amide bonds. The van der Waals surface area contributed by atoms with E-state index < -0.39 is 0 Å². The Bertz CT molecular complexity index is 498. The minimum atomic E-state index is -0.211. The van der Waals surface area contributed by atoms with Gasteiger partial charge >= 0.3 is 5.97 Å². The maximum absolute atomic E-state index is 12.4. The number of likely N-dealkylation sites (tertiary alicyclic amines) is 1. The number of aromatic nitrogens is 2. The molecule has 0 aromatic carbocycles. The predicted octanol–water partition coefficient (Wildman–Crippen LogP) is 1.78. The molecule has 1 aliphatic rings. The lowest BCUT2D eigenvalue weighted by Gasteiger charge is -2.31. The van der Waals surface area contributed by atoms with Crippen LogP contribution in [0.3, 0.4) is 0 Å². The fourth-order valence-electron chi connectivity index (χ4n) is 2.64. The smallest absolute Gasteiger partial charge is 0.310 e. The Hall–Kier alpha value is -1.85. The second-order valence-corrected chi connectivity index (χ2v) is 5.37. The minimum absolute atomic E-state index is 0.109. The summed E-state index contributed by atoms with van der Waals surface area (Å²) in [6, 6.07) is 1.81. The molecule has 1 aromatic rings. The number of carbonyl (C=O) groups excluding carboxylic acids is 2. The molecular formula is C15H23N3O3. The van der Waals surface area contributed by atoms with Crippen molar-refractivity contribution in [2.45, 2.75) is 39.5 Å². The van der Waals surface area contributed by atoms with Crippen LogP contribution in [0.25, 0.3) is 0 Å². The molecule has 2 rings (SSSR count). The first-order valence-corrected chi connectivity index (χ1v) is 7.65. The van der Waals surface area contributed by atoms with Crippen LogP contribution in [-0.4, -0.2) is 46.7 Å². The van der Waals surface area contributed by atoms with E-state index in [4.69, 9.17) is 4.74 Å². The van der Waals surface area contributed by atoms with E-state index >= 15 is 0 Å². The summed E-state index contributed by atoms with van der Waals surface area (Å²) in [5.41, 5.74) is 1.41. The predicted molar refractivity (Wildman–Crippen MR) is 77.8 cm³/mol. The molecule has 1 N–H and O–H groups in total. The molecule has 1 fully saturated rings. The lowest BCUT2D eigenvalue weighted by Crippen LogP contribution is -2.43. The van der Waals surface area contributed by atoms with Gasteiger partial charge in [-0.3, -0.25) is 14.7 Å². The molecule has 0 aliphatic carbocycles. The topological polar surface area (TPSA) is 75.3 Å². The molecule has 0 saturated carbocycles. The van der Waals surface area contributed by atoms with Crippen molar-refractivity contribution in [1.82, 2.24) is 15.1 Å². The molecule has 0 bridgehead atoms. The molecule has 21 heavy (non-hydrogen) atoms. The number of H-pyrrole nitrogens is 1. The van der Waals surface area contributed by atoms with Crippen LogP contribution in [0.15, 0.2) is 6.07 Å². The third-order valence-electron chi connectivity index (χ3n) is 3.70. The van der Waals surface area contributed by atoms with Crippen LogP contribution in [0.2, 0.25) is 0 Å². The average molecular weight is 293 g/mol. The first-order chi connectivity index (χ1) is 10.2. The van der Waals surface area contributed by atoms with Gasteiger partial charge in [0, 0.05) is 18.8 Å². The van der Waals surface area contributed by atoms with Crippen LogP contribution < -0.4 is 0 Å². The Morgan fingerprint density at radius 1 is 1.48 bits per heavy atom. The molecule has 6 heteroatoms. The highest BCUT2D eigenvalue weighted by Gasteiger charge is 2.30. The number of piperidine rings is 1. The summed E-state index contributed by atoms with van der Waals surface area (Å²) in [5.74, 6) is -0.525. The summed E-state index contributed by atoms with van der Waals surface area (Å²) in [5, 5.41) is 6.98. The number of hydrogen-bond acceptors (Lipinski definition) is 4. The van der Waals surface area contributed by atoms with Crippen LogP contribution in [0.1, 0.15) is 49.3 Å². The zero-order valence-corrected chi connectivity index (χ0v) is 12.7. The highest BCUT2D eigenvalue weighted by molar-refractivity contribution is 5.92. The fraction of sp³-hybridized carbons (Fsp3) is 0.667. The van der Waals surface area contributed by atoms with Crippen molar-refractivity contribution in [3.63, 3.8) is 0 Å². The van der Waals surface area contributed by atoms with Crippen molar-refractivity contribution >= 4 is 11.9 Å². The Morgan fingerprint density at radius 2 is 2.29 bits per heavy atom. The summed E-state index contributed by atoms with van der Waals surface area (Å²) >= 11 is 0. The van der Waals surface area contributed by atoms with E-state index in [1.54, 1.807) is 17.9 Å². The maximum Gasteiger partial charge on any atom is 0.310 e. The number of nitrogens with one attached hydrogen (secondary N) is 1. The molecule has 116 valence electrons. The number of nitrogens with zero attached hydrogens (tertiary/aromatic N) is 2. The van der Waals surface area contributed by atoms with Gasteiger partial charge in [0.15, 0.2) is 0 Å². The average Bonchev–Trinajstić information content (AvgIpc) is 2.96. The van der Waals surface area contributed by atoms with Gasteiger partial charge in [-0.1, -0.05) is 13.3 Å². The van der Waals surface area contributed by atoms with Gasteiger partial charge in [-0.25, -0.2) is 0 Å². The molecule has 1 aliphatic heterocycles. The van der Waals surface area contributed by atoms with Crippen molar-refractivity contribution in [2.75, 3.05) is 19.7 Å². The zero-order valence-electron chi connectivity index (χ0n) is 12.7. The number of carbonyl (C=O) groups is 2. The van der Waals surface area contributed by atoms with E-state index in [9.17, 15) is 9.59 Å². The minimum Gasteiger partial charge on any atom is -0.466 e. The van der Waals surface area contributed by atoms with Gasteiger partial charge in [-0.15, -0.1) is 0 Å². The van der Waals surface area contributed by atoms with E-state index in [0.717, 1.165) is 31.4 Å². The third-order valence-corrected chi connectivity index (χ3v) is 3.70. The molecule has 0 spiro atoms. The number of aryl methyl sites for hydroxylation is 1. The Kier molecular flexibility index (Phi) is 5.36. The number of rotatable bonds is 5. The molecule has 1 unspecified atom stereocenters. The van der Waals surface area contributed by atoms with Gasteiger partial charge < -0.3 is 9.64 Å². The Morgan fingerprint density at radius 3 is 3.00 bits per heavy atom. The summed E-state index contributed by atoms with van der Waals surface area (Å²) in [6.45, 7) is 5.35. The quantitative estimate of drug-likeness (QED) is 0.840. The van der Waals surface area contributed by atoms with Crippen LogP contribution in [0.5, 0.6) is 0 Å². The standard InChI is InChI=1S/C15H23N3O3/c1-3-6-12-9-13(17-16-12)14(19)18-8-5-7-11(10-18)15(20)21-4-2/h9,11H,3-8,10H2,1-2H3,(H,16,17). The summed E-state index contributed by atoms with van der Waals surface area (Å²) in [7, 11) is 0. The van der Waals surface area contributed by atoms with E-state index in [0.29, 0.717) is 25.4 Å². The van der Waals surface area contributed by atoms with E-state index in [2.05, 4.69) is 17.1 Å². The molecule has 6 nitrogen and oxygen atoms in total. The lowest BCUT2D eigenvalue weighted by molar-refractivity contribution is -0.149. The number of hydrogen-bond donors (Lipinski definition) is 1. The van der Waals surface area contributed by atoms with Crippen LogP contribution >= 0.6 is 0 Å². The Balaban J connectivity index is 1.99. The molecule has 0 radical (unpaired) electrons. The highest BCUT2D eigenvalue weighted by Crippen LogP contribution is 2.19.